The molecular weight excluding hydrogens is 182 g/mol. The van der Waals surface area contributed by atoms with Crippen LogP contribution >= 0.6 is 0 Å². The van der Waals surface area contributed by atoms with Gasteiger partial charge in [0.1, 0.15) is 0 Å². The smallest absolute Gasteiger partial charge is 0.0375 e. The third kappa shape index (κ3) is 3.94. The first kappa shape index (κ1) is 12.1. The van der Waals surface area contributed by atoms with Crippen LogP contribution in [0.1, 0.15) is 51.5 Å². The van der Waals surface area contributed by atoms with Crippen LogP contribution in [0.2, 0.25) is 0 Å². The van der Waals surface area contributed by atoms with Crippen LogP contribution in [0.4, 0.5) is 5.69 Å². The molecule has 0 radical (unpaired) electrons. The molecule has 0 heterocycles. The Balaban J connectivity index is 2.52. The fraction of sp³-hybridized carbons (Fsp3) is 0.571. The van der Waals surface area contributed by atoms with E-state index in [0.29, 0.717) is 5.92 Å². The lowest BCUT2D eigenvalue weighted by atomic mass is 10.0. The van der Waals surface area contributed by atoms with Gasteiger partial charge in [-0.2, -0.15) is 0 Å². The van der Waals surface area contributed by atoms with Crippen LogP contribution in [0.25, 0.3) is 0 Å². The monoisotopic (exact) mass is 205 g/mol. The molecule has 1 rings (SSSR count). The number of anilines is 1. The zero-order valence-corrected chi connectivity index (χ0v) is 10.2. The molecule has 0 saturated carbocycles. The second-order valence-corrected chi connectivity index (χ2v) is 4.38. The van der Waals surface area contributed by atoms with E-state index in [2.05, 4.69) is 50.4 Å². The van der Waals surface area contributed by atoms with Gasteiger partial charge in [-0.05, 0) is 24.0 Å². The summed E-state index contributed by atoms with van der Waals surface area (Å²) >= 11 is 0. The molecular formula is C14H23N. The van der Waals surface area contributed by atoms with E-state index < -0.39 is 0 Å². The van der Waals surface area contributed by atoms with Crippen molar-refractivity contribution < 1.29 is 0 Å². The van der Waals surface area contributed by atoms with E-state index >= 15 is 0 Å². The molecule has 1 heteroatoms. The molecule has 1 aromatic rings. The first-order valence-corrected chi connectivity index (χ1v) is 6.08. The lowest BCUT2D eigenvalue weighted by molar-refractivity contribution is 0.742. The van der Waals surface area contributed by atoms with Gasteiger partial charge in [0.15, 0.2) is 0 Å². The zero-order valence-electron chi connectivity index (χ0n) is 10.2. The third-order valence-electron chi connectivity index (χ3n) is 2.68. The van der Waals surface area contributed by atoms with Crippen molar-refractivity contribution in [3.05, 3.63) is 29.8 Å². The molecule has 0 fully saturated rings. The number of rotatable bonds is 6. The largest absolute Gasteiger partial charge is 0.385 e. The average Bonchev–Trinajstić information content (AvgIpc) is 2.25. The molecule has 15 heavy (non-hydrogen) atoms. The standard InChI is InChI=1S/C14H23N/c1-4-5-8-11-15-14-10-7-6-9-13(14)12(2)3/h6-7,9-10,12,15H,4-5,8,11H2,1-3H3. The molecule has 0 aliphatic carbocycles. The second-order valence-electron chi connectivity index (χ2n) is 4.38. The van der Waals surface area contributed by atoms with Gasteiger partial charge in [0.05, 0.1) is 0 Å². The van der Waals surface area contributed by atoms with Crippen molar-refractivity contribution in [1.82, 2.24) is 0 Å². The third-order valence-corrected chi connectivity index (χ3v) is 2.68. The van der Waals surface area contributed by atoms with Gasteiger partial charge >= 0.3 is 0 Å². The Morgan fingerprint density at radius 3 is 2.53 bits per heavy atom. The Morgan fingerprint density at radius 2 is 1.87 bits per heavy atom. The first-order valence-electron chi connectivity index (χ1n) is 6.08. The Hall–Kier alpha value is -0.980. The number of hydrogen-bond donors (Lipinski definition) is 1. The summed E-state index contributed by atoms with van der Waals surface area (Å²) in [6.45, 7) is 7.82. The van der Waals surface area contributed by atoms with Gasteiger partial charge in [0.2, 0.25) is 0 Å². The highest BCUT2D eigenvalue weighted by molar-refractivity contribution is 5.52. The van der Waals surface area contributed by atoms with Crippen molar-refractivity contribution in [2.75, 3.05) is 11.9 Å². The summed E-state index contributed by atoms with van der Waals surface area (Å²) in [5.41, 5.74) is 2.73. The molecule has 0 amide bonds. The van der Waals surface area contributed by atoms with Crippen molar-refractivity contribution in [2.24, 2.45) is 0 Å². The van der Waals surface area contributed by atoms with Crippen LogP contribution < -0.4 is 5.32 Å². The predicted molar refractivity (Wildman–Crippen MR) is 68.5 cm³/mol. The maximum Gasteiger partial charge on any atom is 0.0375 e. The Kier molecular flexibility index (Phi) is 5.23. The zero-order chi connectivity index (χ0) is 11.1. The van der Waals surface area contributed by atoms with Crippen molar-refractivity contribution in [3.8, 4) is 0 Å². The molecule has 0 unspecified atom stereocenters. The molecule has 0 saturated heterocycles. The lowest BCUT2D eigenvalue weighted by Gasteiger charge is -2.14. The number of para-hydroxylation sites is 1. The highest BCUT2D eigenvalue weighted by Crippen LogP contribution is 2.23. The first-order chi connectivity index (χ1) is 7.25. The normalized spacial score (nSPS) is 10.7. The summed E-state index contributed by atoms with van der Waals surface area (Å²) in [6, 6.07) is 8.62. The van der Waals surface area contributed by atoms with Gasteiger partial charge in [-0.15, -0.1) is 0 Å². The summed E-state index contributed by atoms with van der Waals surface area (Å²) < 4.78 is 0. The van der Waals surface area contributed by atoms with Crippen LogP contribution in [-0.2, 0) is 0 Å². The van der Waals surface area contributed by atoms with Gasteiger partial charge in [-0.3, -0.25) is 0 Å². The predicted octanol–water partition coefficient (Wildman–Crippen LogP) is 4.41. The van der Waals surface area contributed by atoms with E-state index in [1.165, 1.54) is 30.5 Å². The van der Waals surface area contributed by atoms with E-state index in [9.17, 15) is 0 Å². The maximum absolute atomic E-state index is 3.53. The van der Waals surface area contributed by atoms with Crippen LogP contribution in [-0.4, -0.2) is 6.54 Å². The van der Waals surface area contributed by atoms with E-state index in [4.69, 9.17) is 0 Å². The SMILES string of the molecule is CCCCCNc1ccccc1C(C)C. The van der Waals surface area contributed by atoms with E-state index in [1.807, 2.05) is 0 Å². The molecule has 1 aromatic carbocycles. The minimum atomic E-state index is 0.597. The molecule has 1 nitrogen and oxygen atoms in total. The Labute approximate surface area is 93.9 Å². The van der Waals surface area contributed by atoms with Gasteiger partial charge in [-0.1, -0.05) is 51.8 Å². The fourth-order valence-electron chi connectivity index (χ4n) is 1.76. The minimum absolute atomic E-state index is 0.597. The Bertz CT molecular complexity index is 278. The molecule has 0 aliphatic heterocycles. The van der Waals surface area contributed by atoms with E-state index in [-0.39, 0.29) is 0 Å². The quantitative estimate of drug-likeness (QED) is 0.678. The molecule has 84 valence electrons. The summed E-state index contributed by atoms with van der Waals surface area (Å²) in [7, 11) is 0. The second kappa shape index (κ2) is 6.49. The number of benzene rings is 1. The molecule has 0 atom stereocenters. The summed E-state index contributed by atoms with van der Waals surface area (Å²) in [5, 5.41) is 3.53. The van der Waals surface area contributed by atoms with Gasteiger partial charge in [0, 0.05) is 12.2 Å². The van der Waals surface area contributed by atoms with Crippen LogP contribution in [0.5, 0.6) is 0 Å². The molecule has 0 aromatic heterocycles. The molecule has 0 aliphatic rings. The fourth-order valence-corrected chi connectivity index (χ4v) is 1.76. The van der Waals surface area contributed by atoms with Gasteiger partial charge in [0.25, 0.3) is 0 Å². The van der Waals surface area contributed by atoms with Gasteiger partial charge < -0.3 is 5.32 Å². The van der Waals surface area contributed by atoms with Crippen LogP contribution in [0.15, 0.2) is 24.3 Å². The van der Waals surface area contributed by atoms with Crippen molar-refractivity contribution in [3.63, 3.8) is 0 Å². The average molecular weight is 205 g/mol. The van der Waals surface area contributed by atoms with E-state index in [1.54, 1.807) is 0 Å². The van der Waals surface area contributed by atoms with Crippen LogP contribution in [0.3, 0.4) is 0 Å². The van der Waals surface area contributed by atoms with E-state index in [0.717, 1.165) is 6.54 Å². The summed E-state index contributed by atoms with van der Waals surface area (Å²) in [4.78, 5) is 0. The highest BCUT2D eigenvalue weighted by Gasteiger charge is 2.04. The molecule has 1 N–H and O–H groups in total. The van der Waals surface area contributed by atoms with Crippen molar-refractivity contribution >= 4 is 5.69 Å². The van der Waals surface area contributed by atoms with Crippen LogP contribution in [0, 0.1) is 0 Å². The number of hydrogen-bond acceptors (Lipinski definition) is 1. The van der Waals surface area contributed by atoms with Crippen molar-refractivity contribution in [1.29, 1.82) is 0 Å². The summed E-state index contributed by atoms with van der Waals surface area (Å²) in [6.07, 6.45) is 3.87. The lowest BCUT2D eigenvalue weighted by Crippen LogP contribution is -2.04. The molecule has 0 spiro atoms. The Morgan fingerprint density at radius 1 is 1.13 bits per heavy atom. The number of unbranched alkanes of at least 4 members (excludes halogenated alkanes) is 2. The van der Waals surface area contributed by atoms with Crippen molar-refractivity contribution in [2.45, 2.75) is 46.0 Å². The highest BCUT2D eigenvalue weighted by atomic mass is 14.9. The number of nitrogens with one attached hydrogen (secondary N) is 1. The molecule has 0 bridgehead atoms. The maximum atomic E-state index is 3.53. The topological polar surface area (TPSA) is 12.0 Å². The minimum Gasteiger partial charge on any atom is -0.385 e. The van der Waals surface area contributed by atoms with Gasteiger partial charge in [-0.25, -0.2) is 0 Å². The summed E-state index contributed by atoms with van der Waals surface area (Å²) in [5.74, 6) is 0.597.